The van der Waals surface area contributed by atoms with Gasteiger partial charge >= 0.3 is 0 Å². The van der Waals surface area contributed by atoms with Crippen LogP contribution in [0, 0.1) is 5.82 Å². The van der Waals surface area contributed by atoms with Crippen LogP contribution in [0.15, 0.2) is 22.7 Å². The van der Waals surface area contributed by atoms with E-state index < -0.39 is 0 Å². The van der Waals surface area contributed by atoms with E-state index in [1.165, 1.54) is 6.07 Å². The number of carbonyl (C=O) groups excluding carboxylic acids is 1. The first-order valence-electron chi connectivity index (χ1n) is 6.23. The molecule has 1 aliphatic heterocycles. The maximum Gasteiger partial charge on any atom is 0.226 e. The highest BCUT2D eigenvalue weighted by molar-refractivity contribution is 9.10. The molecule has 1 amide bonds. The predicted molar refractivity (Wildman–Crippen MR) is 73.7 cm³/mol. The van der Waals surface area contributed by atoms with Gasteiger partial charge in [-0.05, 0) is 28.1 Å². The van der Waals surface area contributed by atoms with Crippen LogP contribution in [0.2, 0.25) is 0 Å². The van der Waals surface area contributed by atoms with Crippen molar-refractivity contribution in [3.63, 3.8) is 0 Å². The van der Waals surface area contributed by atoms with Crippen LogP contribution < -0.4 is 10.1 Å². The number of nitrogens with zero attached hydrogens (tertiary/aromatic N) is 1. The summed E-state index contributed by atoms with van der Waals surface area (Å²) in [7, 11) is 0. The Hall–Kier alpha value is -1.14. The lowest BCUT2D eigenvalue weighted by atomic mass is 10.3. The number of amides is 1. The molecular weight excluding hydrogens is 315 g/mol. The minimum absolute atomic E-state index is 0.0825. The van der Waals surface area contributed by atoms with E-state index >= 15 is 0 Å². The topological polar surface area (TPSA) is 41.6 Å². The van der Waals surface area contributed by atoms with Crippen LogP contribution in [0.25, 0.3) is 0 Å². The predicted octanol–water partition coefficient (Wildman–Crippen LogP) is 1.79. The first-order valence-corrected chi connectivity index (χ1v) is 7.02. The maximum absolute atomic E-state index is 13.2. The monoisotopic (exact) mass is 330 g/mol. The second-order valence-electron chi connectivity index (χ2n) is 4.31. The first-order chi connectivity index (χ1) is 9.16. The summed E-state index contributed by atoms with van der Waals surface area (Å²) in [4.78, 5) is 13.7. The smallest absolute Gasteiger partial charge is 0.226 e. The fourth-order valence-electron chi connectivity index (χ4n) is 1.90. The Labute approximate surface area is 120 Å². The summed E-state index contributed by atoms with van der Waals surface area (Å²) in [6, 6.07) is 4.56. The van der Waals surface area contributed by atoms with Crippen molar-refractivity contribution in [3.8, 4) is 5.75 Å². The van der Waals surface area contributed by atoms with Crippen molar-refractivity contribution >= 4 is 21.8 Å². The average Bonchev–Trinajstić information content (AvgIpc) is 2.43. The van der Waals surface area contributed by atoms with Crippen molar-refractivity contribution in [1.82, 2.24) is 10.2 Å². The largest absolute Gasteiger partial charge is 0.493 e. The van der Waals surface area contributed by atoms with Crippen LogP contribution in [0.5, 0.6) is 5.75 Å². The Morgan fingerprint density at radius 2 is 2.16 bits per heavy atom. The quantitative estimate of drug-likeness (QED) is 0.915. The fraction of sp³-hybridized carbons (Fsp3) is 0.462. The number of ether oxygens (including phenoxy) is 1. The summed E-state index contributed by atoms with van der Waals surface area (Å²) in [5, 5.41) is 3.19. The molecule has 0 radical (unpaired) electrons. The van der Waals surface area contributed by atoms with Crippen LogP contribution in [-0.2, 0) is 4.79 Å². The van der Waals surface area contributed by atoms with E-state index in [0.717, 1.165) is 26.2 Å². The Kier molecular flexibility index (Phi) is 5.15. The molecule has 0 spiro atoms. The van der Waals surface area contributed by atoms with Gasteiger partial charge in [0.25, 0.3) is 0 Å². The second kappa shape index (κ2) is 6.86. The number of rotatable bonds is 4. The van der Waals surface area contributed by atoms with Gasteiger partial charge in [-0.15, -0.1) is 0 Å². The summed E-state index contributed by atoms with van der Waals surface area (Å²) in [5.74, 6) is 0.152. The highest BCUT2D eigenvalue weighted by Gasteiger charge is 2.15. The lowest BCUT2D eigenvalue weighted by molar-refractivity contribution is -0.132. The molecule has 0 unspecified atom stereocenters. The third kappa shape index (κ3) is 4.18. The summed E-state index contributed by atoms with van der Waals surface area (Å²) in [6.07, 6.45) is 0.317. The minimum atomic E-state index is -0.370. The summed E-state index contributed by atoms with van der Waals surface area (Å²) < 4.78 is 19.0. The number of hydrogen-bond donors (Lipinski definition) is 1. The van der Waals surface area contributed by atoms with Crippen molar-refractivity contribution < 1.29 is 13.9 Å². The molecule has 1 aromatic rings. The zero-order chi connectivity index (χ0) is 13.7. The van der Waals surface area contributed by atoms with Crippen molar-refractivity contribution in [3.05, 3.63) is 28.5 Å². The zero-order valence-electron chi connectivity index (χ0n) is 10.5. The number of hydrogen-bond acceptors (Lipinski definition) is 3. The second-order valence-corrected chi connectivity index (χ2v) is 5.16. The SMILES string of the molecule is O=C(CCOc1ccc(Br)c(F)c1)N1CCNCC1. The number of nitrogens with one attached hydrogen (secondary N) is 1. The van der Waals surface area contributed by atoms with Crippen LogP contribution in [0.1, 0.15) is 6.42 Å². The molecule has 1 heterocycles. The molecule has 0 atom stereocenters. The number of halogens is 2. The number of benzene rings is 1. The molecule has 1 saturated heterocycles. The lowest BCUT2D eigenvalue weighted by Crippen LogP contribution is -2.46. The normalized spacial score (nSPS) is 15.4. The van der Waals surface area contributed by atoms with E-state index in [-0.39, 0.29) is 18.3 Å². The van der Waals surface area contributed by atoms with Gasteiger partial charge in [0, 0.05) is 32.2 Å². The summed E-state index contributed by atoms with van der Waals surface area (Å²) >= 11 is 3.08. The summed E-state index contributed by atoms with van der Waals surface area (Å²) in [5.41, 5.74) is 0. The Morgan fingerprint density at radius 1 is 1.42 bits per heavy atom. The molecule has 4 nitrogen and oxygen atoms in total. The Morgan fingerprint density at radius 3 is 2.84 bits per heavy atom. The zero-order valence-corrected chi connectivity index (χ0v) is 12.1. The molecule has 1 aliphatic rings. The third-order valence-corrected chi connectivity index (χ3v) is 3.59. The molecule has 1 N–H and O–H groups in total. The summed E-state index contributed by atoms with van der Waals surface area (Å²) in [6.45, 7) is 3.43. The average molecular weight is 331 g/mol. The molecule has 0 bridgehead atoms. The Balaban J connectivity index is 1.76. The van der Waals surface area contributed by atoms with E-state index in [2.05, 4.69) is 21.2 Å². The van der Waals surface area contributed by atoms with Gasteiger partial charge in [0.2, 0.25) is 5.91 Å². The number of carbonyl (C=O) groups is 1. The highest BCUT2D eigenvalue weighted by atomic mass is 79.9. The van der Waals surface area contributed by atoms with Crippen LogP contribution in [0.4, 0.5) is 4.39 Å². The van der Waals surface area contributed by atoms with Crippen LogP contribution >= 0.6 is 15.9 Å². The molecule has 6 heteroatoms. The fourth-order valence-corrected chi connectivity index (χ4v) is 2.14. The van der Waals surface area contributed by atoms with Crippen LogP contribution in [0.3, 0.4) is 0 Å². The van der Waals surface area contributed by atoms with E-state index in [4.69, 9.17) is 4.74 Å². The molecule has 0 saturated carbocycles. The van der Waals surface area contributed by atoms with Gasteiger partial charge in [-0.1, -0.05) is 0 Å². The van der Waals surface area contributed by atoms with Gasteiger partial charge in [0.05, 0.1) is 17.5 Å². The van der Waals surface area contributed by atoms with Crippen molar-refractivity contribution in [1.29, 1.82) is 0 Å². The number of piperazine rings is 1. The molecule has 1 aromatic carbocycles. The highest BCUT2D eigenvalue weighted by Crippen LogP contribution is 2.20. The van der Waals surface area contributed by atoms with Crippen molar-refractivity contribution in [2.75, 3.05) is 32.8 Å². The molecular formula is C13H16BrFN2O2. The van der Waals surface area contributed by atoms with Gasteiger partial charge in [-0.25, -0.2) is 4.39 Å². The van der Waals surface area contributed by atoms with Crippen LogP contribution in [-0.4, -0.2) is 43.6 Å². The maximum atomic E-state index is 13.2. The first kappa shape index (κ1) is 14.3. The molecule has 1 fully saturated rings. The Bertz CT molecular complexity index is 450. The van der Waals surface area contributed by atoms with Gasteiger partial charge in [0.1, 0.15) is 11.6 Å². The van der Waals surface area contributed by atoms with Gasteiger partial charge in [-0.3, -0.25) is 4.79 Å². The molecule has 19 heavy (non-hydrogen) atoms. The molecule has 0 aliphatic carbocycles. The van der Waals surface area contributed by atoms with Gasteiger partial charge in [-0.2, -0.15) is 0 Å². The van der Waals surface area contributed by atoms with Gasteiger partial charge in [0.15, 0.2) is 0 Å². The van der Waals surface area contributed by atoms with E-state index in [0.29, 0.717) is 16.6 Å². The molecule has 0 aromatic heterocycles. The van der Waals surface area contributed by atoms with Crippen molar-refractivity contribution in [2.45, 2.75) is 6.42 Å². The molecule has 2 rings (SSSR count). The van der Waals surface area contributed by atoms with Crippen molar-refractivity contribution in [2.24, 2.45) is 0 Å². The van der Waals surface area contributed by atoms with E-state index in [9.17, 15) is 9.18 Å². The van der Waals surface area contributed by atoms with E-state index in [1.54, 1.807) is 12.1 Å². The minimum Gasteiger partial charge on any atom is -0.493 e. The lowest BCUT2D eigenvalue weighted by Gasteiger charge is -2.27. The standard InChI is InChI=1S/C13H16BrFN2O2/c14-11-2-1-10(9-12(11)15)19-8-3-13(18)17-6-4-16-5-7-17/h1-2,9,16H,3-8H2. The third-order valence-electron chi connectivity index (χ3n) is 2.95. The van der Waals surface area contributed by atoms with E-state index in [1.807, 2.05) is 4.90 Å². The molecule has 104 valence electrons. The van der Waals surface area contributed by atoms with Gasteiger partial charge < -0.3 is 15.0 Å².